The molecule has 1 saturated heterocycles. The number of aryl methyl sites for hydroxylation is 2. The summed E-state index contributed by atoms with van der Waals surface area (Å²) in [6, 6.07) is 6.64. The summed E-state index contributed by atoms with van der Waals surface area (Å²) in [4.78, 5) is 14.8. The van der Waals surface area contributed by atoms with E-state index in [1.54, 1.807) is 36.9 Å². The van der Waals surface area contributed by atoms with Crippen LogP contribution in [0.3, 0.4) is 0 Å². The fraction of sp³-hybridized carbons (Fsp3) is 0.375. The van der Waals surface area contributed by atoms with Gasteiger partial charge >= 0.3 is 0 Å². The predicted octanol–water partition coefficient (Wildman–Crippen LogP) is 4.41. The molecule has 8 nitrogen and oxygen atoms in total. The van der Waals surface area contributed by atoms with Crippen molar-refractivity contribution in [3.05, 3.63) is 46.7 Å². The number of ether oxygens (including phenoxy) is 2. The normalized spacial score (nSPS) is 14.0. The number of fused-ring (bicyclic) bond motifs is 1. The average Bonchev–Trinajstić information content (AvgIpc) is 3.42. The third-order valence-corrected chi connectivity index (χ3v) is 7.72. The predicted molar refractivity (Wildman–Crippen MR) is 126 cm³/mol. The summed E-state index contributed by atoms with van der Waals surface area (Å²) >= 11 is 0. The van der Waals surface area contributed by atoms with Gasteiger partial charge in [0.25, 0.3) is 15.9 Å². The Labute approximate surface area is 193 Å². The molecule has 1 aromatic heterocycles. The summed E-state index contributed by atoms with van der Waals surface area (Å²) in [5.41, 5.74) is 2.50. The van der Waals surface area contributed by atoms with Gasteiger partial charge in [-0.3, -0.25) is 9.52 Å². The van der Waals surface area contributed by atoms with Crippen molar-refractivity contribution in [2.24, 2.45) is 0 Å². The Morgan fingerprint density at radius 1 is 1.00 bits per heavy atom. The third-order valence-electron chi connectivity index (χ3n) is 6.18. The van der Waals surface area contributed by atoms with Crippen LogP contribution in [0.2, 0.25) is 0 Å². The molecule has 176 valence electrons. The quantitative estimate of drug-likeness (QED) is 0.571. The van der Waals surface area contributed by atoms with Gasteiger partial charge in [0, 0.05) is 30.1 Å². The topological polar surface area (TPSA) is 98.1 Å². The van der Waals surface area contributed by atoms with E-state index in [-0.39, 0.29) is 22.1 Å². The first-order chi connectivity index (χ1) is 15.7. The van der Waals surface area contributed by atoms with E-state index in [2.05, 4.69) is 4.72 Å². The Morgan fingerprint density at radius 3 is 2.30 bits per heavy atom. The number of nitrogens with zero attached hydrogens (tertiary/aromatic N) is 1. The van der Waals surface area contributed by atoms with Crippen LogP contribution >= 0.6 is 0 Å². The monoisotopic (exact) mass is 472 g/mol. The molecule has 1 aliphatic rings. The van der Waals surface area contributed by atoms with Crippen LogP contribution in [0.5, 0.6) is 11.5 Å². The van der Waals surface area contributed by atoms with Crippen molar-refractivity contribution in [3.8, 4) is 11.5 Å². The molecule has 1 amide bonds. The van der Waals surface area contributed by atoms with Crippen molar-refractivity contribution in [2.75, 3.05) is 32.0 Å². The van der Waals surface area contributed by atoms with Gasteiger partial charge in [-0.15, -0.1) is 0 Å². The third kappa shape index (κ3) is 4.01. The number of hydrogen-bond donors (Lipinski definition) is 1. The van der Waals surface area contributed by atoms with Gasteiger partial charge in [-0.2, -0.15) is 0 Å². The Morgan fingerprint density at radius 2 is 1.67 bits per heavy atom. The van der Waals surface area contributed by atoms with Crippen LogP contribution in [0.4, 0.5) is 5.69 Å². The van der Waals surface area contributed by atoms with Gasteiger partial charge in [0.15, 0.2) is 22.8 Å². The fourth-order valence-corrected chi connectivity index (χ4v) is 5.74. The number of amides is 1. The van der Waals surface area contributed by atoms with E-state index in [0.29, 0.717) is 46.8 Å². The summed E-state index contributed by atoms with van der Waals surface area (Å²) < 4.78 is 46.2. The first-order valence-electron chi connectivity index (χ1n) is 10.8. The standard InChI is InChI=1S/C24H28N2O6S/c1-14-12-18-16(3)21(24(27)26-10-6-7-11-26)32-22(18)23(15(14)2)33(28,29)25-17-8-9-19(30-4)20(13-17)31-5/h8-9,12-13,25H,6-7,10-11H2,1-5H3. The van der Waals surface area contributed by atoms with Gasteiger partial charge in [0.2, 0.25) is 0 Å². The van der Waals surface area contributed by atoms with E-state index in [1.807, 2.05) is 13.0 Å². The SMILES string of the molecule is COc1ccc(NS(=O)(=O)c2c(C)c(C)cc3c(C)c(C(=O)N4CCCC4)oc23)cc1OC. The highest BCUT2D eigenvalue weighted by atomic mass is 32.2. The molecule has 2 aromatic carbocycles. The molecule has 0 saturated carbocycles. The van der Waals surface area contributed by atoms with Gasteiger partial charge in [0.1, 0.15) is 4.90 Å². The van der Waals surface area contributed by atoms with Crippen LogP contribution in [0, 0.1) is 20.8 Å². The van der Waals surface area contributed by atoms with Gasteiger partial charge in [-0.25, -0.2) is 8.42 Å². The van der Waals surface area contributed by atoms with Crippen molar-refractivity contribution in [1.82, 2.24) is 4.90 Å². The second kappa shape index (κ2) is 8.62. The number of benzene rings is 2. The van der Waals surface area contributed by atoms with E-state index in [4.69, 9.17) is 13.9 Å². The highest BCUT2D eigenvalue weighted by Gasteiger charge is 2.30. The minimum absolute atomic E-state index is 0.0239. The zero-order chi connectivity index (χ0) is 23.9. The van der Waals surface area contributed by atoms with E-state index >= 15 is 0 Å². The molecule has 1 N–H and O–H groups in total. The van der Waals surface area contributed by atoms with Crippen molar-refractivity contribution < 1.29 is 27.1 Å². The smallest absolute Gasteiger partial charge is 0.289 e. The lowest BCUT2D eigenvalue weighted by molar-refractivity contribution is 0.0762. The second-order valence-corrected chi connectivity index (χ2v) is 9.87. The summed E-state index contributed by atoms with van der Waals surface area (Å²) in [5.74, 6) is 0.879. The summed E-state index contributed by atoms with van der Waals surface area (Å²) in [7, 11) is -1.06. The number of rotatable bonds is 6. The Balaban J connectivity index is 1.83. The second-order valence-electron chi connectivity index (χ2n) is 8.26. The van der Waals surface area contributed by atoms with Gasteiger partial charge in [-0.05, 0) is 62.9 Å². The highest BCUT2D eigenvalue weighted by molar-refractivity contribution is 7.93. The largest absolute Gasteiger partial charge is 0.493 e. The molecular formula is C24H28N2O6S. The van der Waals surface area contributed by atoms with Crippen molar-refractivity contribution in [2.45, 2.75) is 38.5 Å². The Bertz CT molecular complexity index is 1340. The lowest BCUT2D eigenvalue weighted by Gasteiger charge is -2.14. The zero-order valence-corrected chi connectivity index (χ0v) is 20.3. The van der Waals surface area contributed by atoms with E-state index < -0.39 is 10.0 Å². The molecule has 0 aliphatic carbocycles. The minimum atomic E-state index is -4.05. The maximum Gasteiger partial charge on any atom is 0.289 e. The molecule has 0 unspecified atom stereocenters. The maximum absolute atomic E-state index is 13.6. The molecule has 0 atom stereocenters. The van der Waals surface area contributed by atoms with Crippen LogP contribution in [0.1, 0.15) is 40.1 Å². The molecule has 0 spiro atoms. The highest BCUT2D eigenvalue weighted by Crippen LogP contribution is 2.37. The van der Waals surface area contributed by atoms with Crippen LogP contribution in [0.15, 0.2) is 33.6 Å². The number of sulfonamides is 1. The van der Waals surface area contributed by atoms with Crippen LogP contribution < -0.4 is 14.2 Å². The van der Waals surface area contributed by atoms with Crippen LogP contribution in [-0.2, 0) is 10.0 Å². The van der Waals surface area contributed by atoms with Crippen molar-refractivity contribution in [3.63, 3.8) is 0 Å². The summed E-state index contributed by atoms with van der Waals surface area (Å²) in [6.45, 7) is 6.73. The molecule has 0 bridgehead atoms. The van der Waals surface area contributed by atoms with Gasteiger partial charge < -0.3 is 18.8 Å². The molecule has 1 fully saturated rings. The lowest BCUT2D eigenvalue weighted by atomic mass is 10.0. The number of likely N-dealkylation sites (tertiary alicyclic amines) is 1. The molecule has 2 heterocycles. The fourth-order valence-electron chi connectivity index (χ4n) is 4.24. The first-order valence-corrected chi connectivity index (χ1v) is 12.2. The molecule has 0 radical (unpaired) electrons. The first kappa shape index (κ1) is 23.0. The lowest BCUT2D eigenvalue weighted by Crippen LogP contribution is -2.27. The number of carbonyl (C=O) groups is 1. The molecular weight excluding hydrogens is 444 g/mol. The summed E-state index contributed by atoms with van der Waals surface area (Å²) in [5, 5.41) is 0.619. The maximum atomic E-state index is 13.6. The van der Waals surface area contributed by atoms with Crippen LogP contribution in [-0.4, -0.2) is 46.5 Å². The number of furan rings is 1. The van der Waals surface area contributed by atoms with Gasteiger partial charge in [0.05, 0.1) is 19.9 Å². The van der Waals surface area contributed by atoms with Crippen LogP contribution in [0.25, 0.3) is 11.0 Å². The molecule has 9 heteroatoms. The number of nitrogens with one attached hydrogen (secondary N) is 1. The number of methoxy groups -OCH3 is 2. The molecule has 4 rings (SSSR count). The van der Waals surface area contributed by atoms with Crippen molar-refractivity contribution in [1.29, 1.82) is 0 Å². The number of carbonyl (C=O) groups excluding carboxylic acids is 1. The Kier molecular flexibility index (Phi) is 6.00. The minimum Gasteiger partial charge on any atom is -0.493 e. The summed E-state index contributed by atoms with van der Waals surface area (Å²) in [6.07, 6.45) is 1.91. The van der Waals surface area contributed by atoms with E-state index in [9.17, 15) is 13.2 Å². The van der Waals surface area contributed by atoms with E-state index in [1.165, 1.54) is 14.2 Å². The average molecular weight is 473 g/mol. The Hall–Kier alpha value is -3.20. The molecule has 3 aromatic rings. The number of anilines is 1. The molecule has 1 aliphatic heterocycles. The van der Waals surface area contributed by atoms with Gasteiger partial charge in [-0.1, -0.05) is 0 Å². The molecule has 33 heavy (non-hydrogen) atoms. The van der Waals surface area contributed by atoms with Crippen molar-refractivity contribution >= 4 is 32.6 Å². The zero-order valence-electron chi connectivity index (χ0n) is 19.4. The van der Waals surface area contributed by atoms with E-state index in [0.717, 1.165) is 18.4 Å². The number of hydrogen-bond acceptors (Lipinski definition) is 6.